The summed E-state index contributed by atoms with van der Waals surface area (Å²) in [5.74, 6) is -2.05. The Morgan fingerprint density at radius 1 is 1.37 bits per heavy atom. The quantitative estimate of drug-likeness (QED) is 0.735. The molecule has 6 nitrogen and oxygen atoms in total. The van der Waals surface area contributed by atoms with Gasteiger partial charge in [-0.25, -0.2) is 4.79 Å². The third-order valence-corrected chi connectivity index (χ3v) is 4.10. The number of carboxylic acid groups (broad SMARTS) is 1. The van der Waals surface area contributed by atoms with E-state index < -0.39 is 12.0 Å². The molecule has 2 fully saturated rings. The minimum Gasteiger partial charge on any atom is -0.480 e. The van der Waals surface area contributed by atoms with E-state index in [9.17, 15) is 19.5 Å². The van der Waals surface area contributed by atoms with Crippen LogP contribution in [0, 0.1) is 17.8 Å². The average Bonchev–Trinajstić information content (AvgIpc) is 2.82. The Hall–Kier alpha value is -1.43. The van der Waals surface area contributed by atoms with E-state index in [-0.39, 0.29) is 36.7 Å². The topological polar surface area (TPSA) is 83.9 Å². The lowest BCUT2D eigenvalue weighted by molar-refractivity contribution is -0.156. The molecule has 1 saturated heterocycles. The molecule has 0 radical (unpaired) electrons. The van der Waals surface area contributed by atoms with Crippen molar-refractivity contribution in [2.75, 3.05) is 13.7 Å². The van der Waals surface area contributed by atoms with Crippen LogP contribution in [0.5, 0.6) is 0 Å². The highest BCUT2D eigenvalue weighted by molar-refractivity contribution is 6.08. The third-order valence-electron chi connectivity index (χ3n) is 4.10. The predicted molar refractivity (Wildman–Crippen MR) is 65.1 cm³/mol. The second-order valence-electron chi connectivity index (χ2n) is 5.47. The molecular weight excluding hydrogens is 250 g/mol. The zero-order valence-corrected chi connectivity index (χ0v) is 11.2. The first kappa shape index (κ1) is 14.0. The van der Waals surface area contributed by atoms with Gasteiger partial charge in [0.25, 0.3) is 0 Å². The molecular formula is C13H19NO5. The molecule has 1 aliphatic heterocycles. The van der Waals surface area contributed by atoms with Crippen molar-refractivity contribution in [1.29, 1.82) is 0 Å². The second kappa shape index (κ2) is 5.28. The lowest BCUT2D eigenvalue weighted by Crippen LogP contribution is -2.46. The summed E-state index contributed by atoms with van der Waals surface area (Å²) in [5, 5.41) is 9.21. The minimum atomic E-state index is -1.15. The van der Waals surface area contributed by atoms with Gasteiger partial charge in [0, 0.05) is 20.1 Å². The van der Waals surface area contributed by atoms with Crippen molar-refractivity contribution in [3.05, 3.63) is 0 Å². The van der Waals surface area contributed by atoms with E-state index >= 15 is 0 Å². The number of aliphatic carboxylic acids is 1. The molecule has 0 aromatic rings. The van der Waals surface area contributed by atoms with Crippen LogP contribution in [0.4, 0.5) is 0 Å². The van der Waals surface area contributed by atoms with Crippen LogP contribution in [0.15, 0.2) is 0 Å². The van der Waals surface area contributed by atoms with Crippen LogP contribution in [0.1, 0.15) is 26.2 Å². The van der Waals surface area contributed by atoms with Crippen LogP contribution in [0.3, 0.4) is 0 Å². The van der Waals surface area contributed by atoms with Crippen molar-refractivity contribution in [1.82, 2.24) is 4.90 Å². The van der Waals surface area contributed by atoms with Crippen LogP contribution >= 0.6 is 0 Å². The number of carbonyl (C=O) groups excluding carboxylic acids is 2. The van der Waals surface area contributed by atoms with E-state index in [1.807, 2.05) is 6.92 Å². The number of hydrogen-bond donors (Lipinski definition) is 1. The number of carbonyl (C=O) groups is 3. The molecule has 0 bridgehead atoms. The maximum Gasteiger partial charge on any atom is 0.327 e. The van der Waals surface area contributed by atoms with E-state index in [4.69, 9.17) is 4.74 Å². The molecule has 0 spiro atoms. The van der Waals surface area contributed by atoms with Gasteiger partial charge in [0.1, 0.15) is 6.04 Å². The van der Waals surface area contributed by atoms with Gasteiger partial charge < -0.3 is 9.84 Å². The van der Waals surface area contributed by atoms with Gasteiger partial charge in [0.05, 0.1) is 11.8 Å². The number of nitrogens with zero attached hydrogens (tertiary/aromatic N) is 1. The smallest absolute Gasteiger partial charge is 0.327 e. The highest BCUT2D eigenvalue weighted by Crippen LogP contribution is 2.43. The van der Waals surface area contributed by atoms with Crippen molar-refractivity contribution >= 4 is 17.8 Å². The van der Waals surface area contributed by atoms with Crippen molar-refractivity contribution in [2.24, 2.45) is 17.8 Å². The summed E-state index contributed by atoms with van der Waals surface area (Å²) in [7, 11) is 1.46. The maximum atomic E-state index is 12.3. The van der Waals surface area contributed by atoms with Crippen molar-refractivity contribution in [3.8, 4) is 0 Å². The highest BCUT2D eigenvalue weighted by atomic mass is 16.5. The molecule has 19 heavy (non-hydrogen) atoms. The number of fused-ring (bicyclic) bond motifs is 1. The number of methoxy groups -OCH3 is 1. The summed E-state index contributed by atoms with van der Waals surface area (Å²) in [6, 6.07) is -1.10. The van der Waals surface area contributed by atoms with Gasteiger partial charge in [-0.15, -0.1) is 0 Å². The first-order chi connectivity index (χ1) is 8.97. The third kappa shape index (κ3) is 2.36. The summed E-state index contributed by atoms with van der Waals surface area (Å²) in [5.41, 5.74) is 0. The number of imide groups is 1. The Morgan fingerprint density at radius 2 is 1.89 bits per heavy atom. The number of likely N-dealkylation sites (tertiary alicyclic amines) is 1. The Bertz CT molecular complexity index is 384. The van der Waals surface area contributed by atoms with E-state index in [0.717, 1.165) is 4.90 Å². The van der Waals surface area contributed by atoms with Crippen LogP contribution < -0.4 is 0 Å². The molecule has 0 aromatic heterocycles. The molecule has 1 saturated carbocycles. The predicted octanol–water partition coefficient (Wildman–Crippen LogP) is 0.507. The Labute approximate surface area is 111 Å². The fourth-order valence-electron chi connectivity index (χ4n) is 3.20. The summed E-state index contributed by atoms with van der Waals surface area (Å²) >= 11 is 0. The largest absolute Gasteiger partial charge is 0.480 e. The second-order valence-corrected chi connectivity index (χ2v) is 5.47. The molecule has 1 N–H and O–H groups in total. The standard InChI is InChI=1S/C13H19NO5/c1-7-5-8-9(6-7)12(16)14(11(8)15)10(13(17)18)3-4-19-2/h7-10H,3-6H2,1-2H3,(H,17,18). The van der Waals surface area contributed by atoms with Gasteiger partial charge in [-0.2, -0.15) is 0 Å². The fraction of sp³-hybridized carbons (Fsp3) is 0.769. The Morgan fingerprint density at radius 3 is 2.32 bits per heavy atom. The van der Waals surface area contributed by atoms with E-state index in [1.165, 1.54) is 7.11 Å². The molecule has 1 heterocycles. The van der Waals surface area contributed by atoms with Crippen LogP contribution in [-0.4, -0.2) is 47.5 Å². The number of ether oxygens (including phenoxy) is 1. The average molecular weight is 269 g/mol. The molecule has 3 unspecified atom stereocenters. The highest BCUT2D eigenvalue weighted by Gasteiger charge is 2.54. The Balaban J connectivity index is 2.18. The van der Waals surface area contributed by atoms with E-state index in [2.05, 4.69) is 0 Å². The van der Waals surface area contributed by atoms with Gasteiger partial charge in [-0.3, -0.25) is 14.5 Å². The van der Waals surface area contributed by atoms with Gasteiger partial charge in [-0.05, 0) is 18.8 Å². The molecule has 0 aromatic carbocycles. The first-order valence-electron chi connectivity index (χ1n) is 6.56. The normalized spacial score (nSPS) is 31.7. The number of rotatable bonds is 5. The Kier molecular flexibility index (Phi) is 3.89. The fourth-order valence-corrected chi connectivity index (χ4v) is 3.20. The van der Waals surface area contributed by atoms with Crippen molar-refractivity contribution < 1.29 is 24.2 Å². The molecule has 2 amide bonds. The minimum absolute atomic E-state index is 0.137. The SMILES string of the molecule is COCCC(C(=O)O)N1C(=O)C2CC(C)CC2C1=O. The molecule has 2 aliphatic rings. The van der Waals surface area contributed by atoms with E-state index in [0.29, 0.717) is 18.8 Å². The molecule has 6 heteroatoms. The molecule has 1 aliphatic carbocycles. The van der Waals surface area contributed by atoms with Gasteiger partial charge in [0.15, 0.2) is 0 Å². The van der Waals surface area contributed by atoms with Crippen molar-refractivity contribution in [3.63, 3.8) is 0 Å². The summed E-state index contributed by atoms with van der Waals surface area (Å²) in [4.78, 5) is 36.7. The van der Waals surface area contributed by atoms with Crippen LogP contribution in [0.25, 0.3) is 0 Å². The lowest BCUT2D eigenvalue weighted by Gasteiger charge is -2.24. The number of amides is 2. The number of carboxylic acids is 1. The molecule has 106 valence electrons. The molecule has 3 atom stereocenters. The van der Waals surface area contributed by atoms with E-state index in [1.54, 1.807) is 0 Å². The van der Waals surface area contributed by atoms with Gasteiger partial charge in [-0.1, -0.05) is 6.92 Å². The van der Waals surface area contributed by atoms with Crippen molar-refractivity contribution in [2.45, 2.75) is 32.2 Å². The monoisotopic (exact) mass is 269 g/mol. The zero-order valence-electron chi connectivity index (χ0n) is 11.2. The number of hydrogen-bond acceptors (Lipinski definition) is 4. The lowest BCUT2D eigenvalue weighted by atomic mass is 10.00. The summed E-state index contributed by atoms with van der Waals surface area (Å²) in [6.07, 6.45) is 1.50. The van der Waals surface area contributed by atoms with Crippen LogP contribution in [-0.2, 0) is 19.1 Å². The summed E-state index contributed by atoms with van der Waals surface area (Å²) in [6.45, 7) is 2.22. The maximum absolute atomic E-state index is 12.3. The first-order valence-corrected chi connectivity index (χ1v) is 6.56. The zero-order chi connectivity index (χ0) is 14.2. The van der Waals surface area contributed by atoms with Gasteiger partial charge in [0.2, 0.25) is 11.8 Å². The van der Waals surface area contributed by atoms with Gasteiger partial charge >= 0.3 is 5.97 Å². The summed E-state index contributed by atoms with van der Waals surface area (Å²) < 4.78 is 4.85. The molecule has 2 rings (SSSR count). The van der Waals surface area contributed by atoms with Crippen LogP contribution in [0.2, 0.25) is 0 Å².